The molecule has 0 atom stereocenters. The van der Waals surface area contributed by atoms with Gasteiger partial charge in [-0.3, -0.25) is 9.59 Å². The van der Waals surface area contributed by atoms with E-state index in [0.29, 0.717) is 31.6 Å². The Morgan fingerprint density at radius 2 is 2.00 bits per heavy atom. The zero-order valence-electron chi connectivity index (χ0n) is 13.7. The Labute approximate surface area is 145 Å². The van der Waals surface area contributed by atoms with Gasteiger partial charge in [0.15, 0.2) is 0 Å². The van der Waals surface area contributed by atoms with Crippen molar-refractivity contribution in [1.29, 1.82) is 0 Å². The van der Waals surface area contributed by atoms with E-state index in [2.05, 4.69) is 15.6 Å². The Hall–Kier alpha value is -2.25. The van der Waals surface area contributed by atoms with E-state index in [1.807, 2.05) is 31.2 Å². The highest BCUT2D eigenvalue weighted by Gasteiger charge is 2.10. The van der Waals surface area contributed by atoms with E-state index < -0.39 is 0 Å². The molecule has 7 heteroatoms. The molecule has 6 nitrogen and oxygen atoms in total. The Morgan fingerprint density at radius 3 is 2.67 bits per heavy atom. The van der Waals surface area contributed by atoms with Crippen LogP contribution < -0.4 is 16.4 Å². The molecule has 0 aliphatic heterocycles. The van der Waals surface area contributed by atoms with Crippen LogP contribution in [0.1, 0.15) is 40.8 Å². The average Bonchev–Trinajstić information content (AvgIpc) is 3.03. The molecule has 0 aliphatic rings. The molecule has 1 aromatic heterocycles. The smallest absolute Gasteiger partial charge is 0.271 e. The van der Waals surface area contributed by atoms with Gasteiger partial charge >= 0.3 is 0 Å². The molecule has 0 radical (unpaired) electrons. The first-order valence-electron chi connectivity index (χ1n) is 7.93. The highest BCUT2D eigenvalue weighted by molar-refractivity contribution is 7.09. The van der Waals surface area contributed by atoms with Gasteiger partial charge in [0.1, 0.15) is 5.69 Å². The zero-order chi connectivity index (χ0) is 17.4. The lowest BCUT2D eigenvalue weighted by Crippen LogP contribution is -2.23. The van der Waals surface area contributed by atoms with Crippen molar-refractivity contribution in [1.82, 2.24) is 10.3 Å². The van der Waals surface area contributed by atoms with E-state index in [9.17, 15) is 9.59 Å². The standard InChI is InChI=1S/C17H22N4O2S/c1-2-3-15(22)20-13-6-4-12(5-7-13)10-19-17(23)14-11-24-16(21-14)8-9-18/h4-7,11H,2-3,8-10,18H2,1H3,(H,19,23)(H,20,22). The van der Waals surface area contributed by atoms with Gasteiger partial charge in [0.05, 0.1) is 5.01 Å². The molecule has 0 saturated heterocycles. The van der Waals surface area contributed by atoms with Gasteiger partial charge in [-0.1, -0.05) is 19.1 Å². The number of carbonyl (C=O) groups is 2. The number of nitrogens with zero attached hydrogens (tertiary/aromatic N) is 1. The summed E-state index contributed by atoms with van der Waals surface area (Å²) in [6.45, 7) is 2.90. The molecule has 0 saturated carbocycles. The molecule has 0 spiro atoms. The summed E-state index contributed by atoms with van der Waals surface area (Å²) in [6.07, 6.45) is 2.01. The third-order valence-corrected chi connectivity index (χ3v) is 4.22. The number of hydrogen-bond acceptors (Lipinski definition) is 5. The minimum Gasteiger partial charge on any atom is -0.347 e. The molecule has 4 N–H and O–H groups in total. The Bertz CT molecular complexity index is 682. The fourth-order valence-corrected chi connectivity index (χ4v) is 2.88. The van der Waals surface area contributed by atoms with Gasteiger partial charge in [0, 0.05) is 30.5 Å². The van der Waals surface area contributed by atoms with Crippen LogP contribution in [0.5, 0.6) is 0 Å². The first kappa shape index (κ1) is 18.1. The van der Waals surface area contributed by atoms with Crippen molar-refractivity contribution >= 4 is 28.8 Å². The summed E-state index contributed by atoms with van der Waals surface area (Å²) < 4.78 is 0. The molecule has 2 rings (SSSR count). The number of carbonyl (C=O) groups excluding carboxylic acids is 2. The number of nitrogens with two attached hydrogens (primary N) is 1. The van der Waals surface area contributed by atoms with Crippen LogP contribution in [0.4, 0.5) is 5.69 Å². The molecule has 0 bridgehead atoms. The van der Waals surface area contributed by atoms with Gasteiger partial charge in [-0.05, 0) is 30.7 Å². The Balaban J connectivity index is 1.85. The van der Waals surface area contributed by atoms with Crippen molar-refractivity contribution in [2.24, 2.45) is 5.73 Å². The fraction of sp³-hybridized carbons (Fsp3) is 0.353. The fourth-order valence-electron chi connectivity index (χ4n) is 2.08. The molecule has 24 heavy (non-hydrogen) atoms. The highest BCUT2D eigenvalue weighted by atomic mass is 32.1. The van der Waals surface area contributed by atoms with Gasteiger partial charge in [-0.15, -0.1) is 11.3 Å². The lowest BCUT2D eigenvalue weighted by molar-refractivity contribution is -0.116. The molecule has 1 heterocycles. The predicted molar refractivity (Wildman–Crippen MR) is 96.0 cm³/mol. The summed E-state index contributed by atoms with van der Waals surface area (Å²) in [7, 11) is 0. The van der Waals surface area contributed by atoms with Gasteiger partial charge in [0.2, 0.25) is 5.91 Å². The minimum atomic E-state index is -0.199. The number of nitrogens with one attached hydrogen (secondary N) is 2. The number of benzene rings is 1. The maximum absolute atomic E-state index is 12.1. The number of rotatable bonds is 8. The van der Waals surface area contributed by atoms with E-state index in [-0.39, 0.29) is 11.8 Å². The van der Waals surface area contributed by atoms with Crippen LogP contribution >= 0.6 is 11.3 Å². The molecule has 0 fully saturated rings. The highest BCUT2D eigenvalue weighted by Crippen LogP contribution is 2.12. The maximum atomic E-state index is 12.1. The SMILES string of the molecule is CCCC(=O)Nc1ccc(CNC(=O)c2csc(CCN)n2)cc1. The van der Waals surface area contributed by atoms with Crippen molar-refractivity contribution in [3.8, 4) is 0 Å². The number of hydrogen-bond donors (Lipinski definition) is 3. The van der Waals surface area contributed by atoms with E-state index >= 15 is 0 Å². The largest absolute Gasteiger partial charge is 0.347 e. The second-order valence-corrected chi connectivity index (χ2v) is 6.29. The summed E-state index contributed by atoms with van der Waals surface area (Å²) in [5, 5.41) is 8.28. The van der Waals surface area contributed by atoms with Crippen molar-refractivity contribution in [2.75, 3.05) is 11.9 Å². The first-order valence-corrected chi connectivity index (χ1v) is 8.81. The first-order chi connectivity index (χ1) is 11.6. The van der Waals surface area contributed by atoms with Gasteiger partial charge in [0.25, 0.3) is 5.91 Å². The number of aromatic nitrogens is 1. The van der Waals surface area contributed by atoms with Crippen LogP contribution in [0, 0.1) is 0 Å². The summed E-state index contributed by atoms with van der Waals surface area (Å²) >= 11 is 1.44. The van der Waals surface area contributed by atoms with E-state index in [1.165, 1.54) is 11.3 Å². The number of thiazole rings is 1. The van der Waals surface area contributed by atoms with Crippen LogP contribution in [0.25, 0.3) is 0 Å². The molecule has 2 amide bonds. The van der Waals surface area contributed by atoms with Crippen molar-refractivity contribution < 1.29 is 9.59 Å². The molecule has 1 aromatic carbocycles. The molecular formula is C17H22N4O2S. The summed E-state index contributed by atoms with van der Waals surface area (Å²) in [4.78, 5) is 27.9. The molecular weight excluding hydrogens is 324 g/mol. The topological polar surface area (TPSA) is 97.1 Å². The summed E-state index contributed by atoms with van der Waals surface area (Å²) in [5.41, 5.74) is 7.61. The molecule has 2 aromatic rings. The van der Waals surface area contributed by atoms with Gasteiger partial charge < -0.3 is 16.4 Å². The van der Waals surface area contributed by atoms with E-state index in [0.717, 1.165) is 22.7 Å². The number of amides is 2. The maximum Gasteiger partial charge on any atom is 0.271 e. The second-order valence-electron chi connectivity index (χ2n) is 5.34. The van der Waals surface area contributed by atoms with Gasteiger partial charge in [-0.25, -0.2) is 4.98 Å². The van der Waals surface area contributed by atoms with Gasteiger partial charge in [-0.2, -0.15) is 0 Å². The monoisotopic (exact) mass is 346 g/mol. The number of anilines is 1. The van der Waals surface area contributed by atoms with Crippen molar-refractivity contribution in [3.05, 3.63) is 45.9 Å². The zero-order valence-corrected chi connectivity index (χ0v) is 14.5. The van der Waals surface area contributed by atoms with E-state index in [1.54, 1.807) is 5.38 Å². The predicted octanol–water partition coefficient (Wildman–Crippen LogP) is 2.31. The van der Waals surface area contributed by atoms with Crippen LogP contribution in [-0.4, -0.2) is 23.3 Å². The third kappa shape index (κ3) is 5.43. The normalized spacial score (nSPS) is 10.4. The summed E-state index contributed by atoms with van der Waals surface area (Å²) in [5.74, 6) is -0.190. The lowest BCUT2D eigenvalue weighted by Gasteiger charge is -2.07. The van der Waals surface area contributed by atoms with Crippen molar-refractivity contribution in [3.63, 3.8) is 0 Å². The Morgan fingerprint density at radius 1 is 1.25 bits per heavy atom. The van der Waals surface area contributed by atoms with Crippen LogP contribution in [0.3, 0.4) is 0 Å². The quantitative estimate of drug-likeness (QED) is 0.683. The van der Waals surface area contributed by atoms with E-state index in [4.69, 9.17) is 5.73 Å². The van der Waals surface area contributed by atoms with Crippen molar-refractivity contribution in [2.45, 2.75) is 32.7 Å². The van der Waals surface area contributed by atoms with Crippen LogP contribution in [0.2, 0.25) is 0 Å². The Kier molecular flexibility index (Phi) is 6.89. The average molecular weight is 346 g/mol. The summed E-state index contributed by atoms with van der Waals surface area (Å²) in [6, 6.07) is 7.42. The molecule has 0 aliphatic carbocycles. The molecule has 128 valence electrons. The molecule has 0 unspecified atom stereocenters. The second kappa shape index (κ2) is 9.14. The van der Waals surface area contributed by atoms with Crippen LogP contribution in [0.15, 0.2) is 29.6 Å². The lowest BCUT2D eigenvalue weighted by atomic mass is 10.2. The van der Waals surface area contributed by atoms with Crippen LogP contribution in [-0.2, 0) is 17.8 Å². The minimum absolute atomic E-state index is 0.00960. The third-order valence-electron chi connectivity index (χ3n) is 3.31.